The summed E-state index contributed by atoms with van der Waals surface area (Å²) in [5.41, 5.74) is 0.300. The first-order valence-electron chi connectivity index (χ1n) is 6.09. The molecule has 0 radical (unpaired) electrons. The van der Waals surface area contributed by atoms with Gasteiger partial charge in [0, 0.05) is 17.7 Å². The summed E-state index contributed by atoms with van der Waals surface area (Å²) < 4.78 is 22.8. The Bertz CT molecular complexity index is 634. The lowest BCUT2D eigenvalue weighted by molar-refractivity contribution is -0.141. The largest absolute Gasteiger partial charge is 0.481 e. The lowest BCUT2D eigenvalue weighted by Crippen LogP contribution is -2.33. The van der Waals surface area contributed by atoms with Crippen LogP contribution in [0.3, 0.4) is 0 Å². The van der Waals surface area contributed by atoms with E-state index < -0.39 is 21.7 Å². The predicted octanol–water partition coefficient (Wildman–Crippen LogP) is 1.13. The van der Waals surface area contributed by atoms with Crippen LogP contribution in [0, 0.1) is 5.92 Å². The van der Waals surface area contributed by atoms with Gasteiger partial charge in [-0.2, -0.15) is 0 Å². The Hall–Kier alpha value is -1.41. The number of hydrogen-bond donors (Lipinski definition) is 2. The van der Waals surface area contributed by atoms with Crippen LogP contribution in [0.5, 0.6) is 0 Å². The van der Waals surface area contributed by atoms with Crippen LogP contribution in [0.1, 0.15) is 29.6 Å². The zero-order valence-electron chi connectivity index (χ0n) is 10.8. The first-order chi connectivity index (χ1) is 9.27. The summed E-state index contributed by atoms with van der Waals surface area (Å²) in [6.07, 6.45) is 2.70. The van der Waals surface area contributed by atoms with Crippen molar-refractivity contribution in [1.82, 2.24) is 5.32 Å². The highest BCUT2D eigenvalue weighted by Crippen LogP contribution is 2.26. The summed E-state index contributed by atoms with van der Waals surface area (Å²) in [6, 6.07) is 1.18. The standard InChI is InChI=1S/C12H15NO5S2/c1-20(17,18)10-5-8(6-19-10)11(14)13-9-3-2-7(4-9)12(15)16/h5-7,9H,2-4H2,1H3,(H,13,14)(H,15,16)/t7-,9+/m1/s1. The molecule has 0 aliphatic heterocycles. The minimum Gasteiger partial charge on any atom is -0.481 e. The molecule has 6 nitrogen and oxygen atoms in total. The summed E-state index contributed by atoms with van der Waals surface area (Å²) in [7, 11) is -3.30. The van der Waals surface area contributed by atoms with Crippen molar-refractivity contribution in [2.45, 2.75) is 29.5 Å². The van der Waals surface area contributed by atoms with Gasteiger partial charge in [-0.25, -0.2) is 8.42 Å². The molecule has 1 heterocycles. The third-order valence-electron chi connectivity index (χ3n) is 3.32. The van der Waals surface area contributed by atoms with Gasteiger partial charge in [0.25, 0.3) is 5.91 Å². The molecule has 1 saturated carbocycles. The normalized spacial score (nSPS) is 22.6. The second-order valence-electron chi connectivity index (χ2n) is 4.95. The molecule has 1 fully saturated rings. The Morgan fingerprint density at radius 2 is 2.10 bits per heavy atom. The van der Waals surface area contributed by atoms with Crippen LogP contribution in [0.4, 0.5) is 0 Å². The molecular weight excluding hydrogens is 302 g/mol. The van der Waals surface area contributed by atoms with Crippen molar-refractivity contribution in [3.05, 3.63) is 17.0 Å². The fourth-order valence-electron chi connectivity index (χ4n) is 2.24. The van der Waals surface area contributed by atoms with Gasteiger partial charge in [0.2, 0.25) is 0 Å². The van der Waals surface area contributed by atoms with E-state index in [0.29, 0.717) is 24.8 Å². The van der Waals surface area contributed by atoms with Crippen molar-refractivity contribution in [2.24, 2.45) is 5.92 Å². The average molecular weight is 317 g/mol. The van der Waals surface area contributed by atoms with Gasteiger partial charge in [0.05, 0.1) is 11.5 Å². The van der Waals surface area contributed by atoms with E-state index in [0.717, 1.165) is 17.6 Å². The number of amides is 1. The molecule has 20 heavy (non-hydrogen) atoms. The molecule has 2 atom stereocenters. The number of thiophene rings is 1. The summed E-state index contributed by atoms with van der Waals surface area (Å²) in [5.74, 6) is -1.60. The Labute approximate surface area is 120 Å². The minimum atomic E-state index is -3.30. The van der Waals surface area contributed by atoms with Gasteiger partial charge in [-0.1, -0.05) is 0 Å². The maximum Gasteiger partial charge on any atom is 0.306 e. The molecule has 8 heteroatoms. The summed E-state index contributed by atoms with van der Waals surface area (Å²) in [4.78, 5) is 22.8. The zero-order valence-corrected chi connectivity index (χ0v) is 12.5. The van der Waals surface area contributed by atoms with E-state index in [1.165, 1.54) is 11.4 Å². The van der Waals surface area contributed by atoms with Crippen LogP contribution in [0.15, 0.2) is 15.7 Å². The topological polar surface area (TPSA) is 101 Å². The predicted molar refractivity (Wildman–Crippen MR) is 73.7 cm³/mol. The number of aliphatic carboxylic acids is 1. The third kappa shape index (κ3) is 3.37. The number of nitrogens with one attached hydrogen (secondary N) is 1. The molecule has 2 rings (SSSR count). The number of carboxylic acid groups (broad SMARTS) is 1. The van der Waals surface area contributed by atoms with Crippen LogP contribution in [-0.4, -0.2) is 37.7 Å². The molecule has 1 aliphatic rings. The molecule has 0 bridgehead atoms. The quantitative estimate of drug-likeness (QED) is 0.867. The smallest absolute Gasteiger partial charge is 0.306 e. The van der Waals surface area contributed by atoms with Crippen LogP contribution in [0.2, 0.25) is 0 Å². The Morgan fingerprint density at radius 1 is 1.40 bits per heavy atom. The molecule has 2 N–H and O–H groups in total. The van der Waals surface area contributed by atoms with Crippen LogP contribution >= 0.6 is 11.3 Å². The SMILES string of the molecule is CS(=O)(=O)c1cc(C(=O)N[C@H]2CC[C@@H](C(=O)O)C2)cs1. The lowest BCUT2D eigenvalue weighted by Gasteiger charge is -2.11. The number of rotatable bonds is 4. The molecular formula is C12H15NO5S2. The lowest BCUT2D eigenvalue weighted by atomic mass is 10.1. The fourth-order valence-corrected chi connectivity index (χ4v) is 4.03. The van der Waals surface area contributed by atoms with E-state index in [1.54, 1.807) is 0 Å². The molecule has 0 aromatic carbocycles. The minimum absolute atomic E-state index is 0.150. The maximum absolute atomic E-state index is 12.0. The monoisotopic (exact) mass is 317 g/mol. The fraction of sp³-hybridized carbons (Fsp3) is 0.500. The second-order valence-corrected chi connectivity index (χ2v) is 8.10. The number of carboxylic acids is 1. The average Bonchev–Trinajstić information content (AvgIpc) is 2.95. The van der Waals surface area contributed by atoms with E-state index in [4.69, 9.17) is 5.11 Å². The van der Waals surface area contributed by atoms with Gasteiger partial charge in [-0.05, 0) is 25.3 Å². The van der Waals surface area contributed by atoms with Gasteiger partial charge in [-0.15, -0.1) is 11.3 Å². The highest BCUT2D eigenvalue weighted by molar-refractivity contribution is 7.92. The van der Waals surface area contributed by atoms with E-state index in [9.17, 15) is 18.0 Å². The number of sulfone groups is 1. The Morgan fingerprint density at radius 3 is 2.60 bits per heavy atom. The summed E-state index contributed by atoms with van der Waals surface area (Å²) >= 11 is 1.01. The Balaban J connectivity index is 1.99. The molecule has 0 saturated heterocycles. The molecule has 1 aromatic heterocycles. The first-order valence-corrected chi connectivity index (χ1v) is 8.86. The van der Waals surface area contributed by atoms with Crippen molar-refractivity contribution >= 4 is 33.1 Å². The molecule has 110 valence electrons. The van der Waals surface area contributed by atoms with Gasteiger partial charge < -0.3 is 10.4 Å². The van der Waals surface area contributed by atoms with Crippen LogP contribution in [0.25, 0.3) is 0 Å². The summed E-state index contributed by atoms with van der Waals surface area (Å²) in [6.45, 7) is 0. The van der Waals surface area contributed by atoms with E-state index in [2.05, 4.69) is 5.32 Å². The van der Waals surface area contributed by atoms with Crippen molar-refractivity contribution in [3.63, 3.8) is 0 Å². The number of carbonyl (C=O) groups is 2. The van der Waals surface area contributed by atoms with Crippen molar-refractivity contribution < 1.29 is 23.1 Å². The first kappa shape index (κ1) is 15.0. The van der Waals surface area contributed by atoms with Gasteiger partial charge >= 0.3 is 5.97 Å². The van der Waals surface area contributed by atoms with E-state index >= 15 is 0 Å². The van der Waals surface area contributed by atoms with Gasteiger partial charge in [-0.3, -0.25) is 9.59 Å². The highest BCUT2D eigenvalue weighted by atomic mass is 32.2. The number of carbonyl (C=O) groups excluding carboxylic acids is 1. The van der Waals surface area contributed by atoms with Gasteiger partial charge in [0.1, 0.15) is 4.21 Å². The Kier molecular flexibility index (Phi) is 4.14. The third-order valence-corrected chi connectivity index (χ3v) is 6.09. The summed E-state index contributed by atoms with van der Waals surface area (Å²) in [5, 5.41) is 13.1. The molecule has 1 amide bonds. The maximum atomic E-state index is 12.0. The van der Waals surface area contributed by atoms with Crippen molar-refractivity contribution in [3.8, 4) is 0 Å². The van der Waals surface area contributed by atoms with Crippen LogP contribution in [-0.2, 0) is 14.6 Å². The van der Waals surface area contributed by atoms with Crippen LogP contribution < -0.4 is 5.32 Å². The van der Waals surface area contributed by atoms with E-state index in [1.807, 2.05) is 0 Å². The van der Waals surface area contributed by atoms with Crippen molar-refractivity contribution in [1.29, 1.82) is 0 Å². The molecule has 0 unspecified atom stereocenters. The zero-order chi connectivity index (χ0) is 14.9. The molecule has 0 spiro atoms. The molecule has 1 aliphatic carbocycles. The van der Waals surface area contributed by atoms with E-state index in [-0.39, 0.29) is 16.2 Å². The van der Waals surface area contributed by atoms with Gasteiger partial charge in [0.15, 0.2) is 9.84 Å². The molecule has 1 aromatic rings. The highest BCUT2D eigenvalue weighted by Gasteiger charge is 2.30. The number of hydrogen-bond acceptors (Lipinski definition) is 5. The second kappa shape index (κ2) is 5.53. The van der Waals surface area contributed by atoms with Crippen molar-refractivity contribution in [2.75, 3.05) is 6.26 Å².